The Labute approximate surface area is 139 Å². The van der Waals surface area contributed by atoms with E-state index in [0.717, 1.165) is 31.4 Å². The van der Waals surface area contributed by atoms with Crippen molar-refractivity contribution in [2.45, 2.75) is 46.1 Å². The zero-order valence-corrected chi connectivity index (χ0v) is 13.9. The van der Waals surface area contributed by atoms with Gasteiger partial charge in [0.25, 0.3) is 11.8 Å². The van der Waals surface area contributed by atoms with Gasteiger partial charge in [-0.15, -0.1) is 0 Å². The lowest BCUT2D eigenvalue weighted by molar-refractivity contribution is 0.0937. The number of nitrogens with one attached hydrogen (secondary N) is 2. The number of anilines is 1. The highest BCUT2D eigenvalue weighted by molar-refractivity contribution is 6.04. The largest absolute Gasteiger partial charge is 0.360 e. The second-order valence-corrected chi connectivity index (χ2v) is 5.87. The van der Waals surface area contributed by atoms with Gasteiger partial charge < -0.3 is 19.7 Å². The number of aryl methyl sites for hydroxylation is 1. The third kappa shape index (κ3) is 3.17. The Balaban J connectivity index is 1.88. The molecule has 24 heavy (non-hydrogen) atoms. The van der Waals surface area contributed by atoms with Gasteiger partial charge in [0, 0.05) is 19.2 Å². The van der Waals surface area contributed by atoms with Gasteiger partial charge in [0.2, 0.25) is 0 Å². The summed E-state index contributed by atoms with van der Waals surface area (Å²) in [5, 5.41) is 9.25. The average Bonchev–Trinajstić information content (AvgIpc) is 3.16. The van der Waals surface area contributed by atoms with Crippen LogP contribution in [0.4, 0.5) is 5.82 Å². The van der Waals surface area contributed by atoms with Crippen LogP contribution in [-0.2, 0) is 13.0 Å². The lowest BCUT2D eigenvalue weighted by Crippen LogP contribution is -2.28. The first-order chi connectivity index (χ1) is 11.6. The van der Waals surface area contributed by atoms with Crippen molar-refractivity contribution >= 4 is 17.6 Å². The number of rotatable bonds is 5. The van der Waals surface area contributed by atoms with Crippen LogP contribution in [0.3, 0.4) is 0 Å². The molecule has 2 aromatic rings. The summed E-state index contributed by atoms with van der Waals surface area (Å²) in [6.45, 7) is 5.02. The number of nitrogens with zero attached hydrogens (tertiary/aromatic N) is 3. The van der Waals surface area contributed by atoms with Crippen LogP contribution in [0.5, 0.6) is 0 Å². The number of amides is 2. The van der Waals surface area contributed by atoms with Crippen LogP contribution in [0.2, 0.25) is 0 Å². The zero-order valence-electron chi connectivity index (χ0n) is 13.9. The van der Waals surface area contributed by atoms with E-state index < -0.39 is 0 Å². The first kappa shape index (κ1) is 16.2. The summed E-state index contributed by atoms with van der Waals surface area (Å²) in [6.07, 6.45) is 3.53. The molecule has 0 saturated carbocycles. The lowest BCUT2D eigenvalue weighted by Gasteiger charge is -2.16. The standard InChI is InChI=1S/C16H21N5O3/c1-3-7-17-16(23)14-19-13(11-6-4-5-8-21(11)14)15(22)18-12-9-10(2)24-20-12/h9H,3-8H2,1-2H3,(H,17,23)(H,18,20,22). The number of hydrogen-bond acceptors (Lipinski definition) is 5. The van der Waals surface area contributed by atoms with Gasteiger partial charge >= 0.3 is 0 Å². The predicted molar refractivity (Wildman–Crippen MR) is 87.0 cm³/mol. The summed E-state index contributed by atoms with van der Waals surface area (Å²) in [7, 11) is 0. The monoisotopic (exact) mass is 331 g/mol. The van der Waals surface area contributed by atoms with Crippen LogP contribution in [0.25, 0.3) is 0 Å². The molecule has 0 bridgehead atoms. The normalized spacial score (nSPS) is 13.4. The van der Waals surface area contributed by atoms with Crippen LogP contribution >= 0.6 is 0 Å². The number of hydrogen-bond donors (Lipinski definition) is 2. The molecule has 8 heteroatoms. The van der Waals surface area contributed by atoms with Gasteiger partial charge in [-0.25, -0.2) is 4.98 Å². The van der Waals surface area contributed by atoms with E-state index in [9.17, 15) is 9.59 Å². The van der Waals surface area contributed by atoms with E-state index in [1.165, 1.54) is 0 Å². The first-order valence-corrected chi connectivity index (χ1v) is 8.22. The SMILES string of the molecule is CCCNC(=O)c1nc(C(=O)Nc2cc(C)on2)c2n1CCCC2. The number of carbonyl (C=O) groups is 2. The minimum absolute atomic E-state index is 0.240. The van der Waals surface area contributed by atoms with Crippen molar-refractivity contribution in [2.24, 2.45) is 0 Å². The zero-order chi connectivity index (χ0) is 17.1. The Hall–Kier alpha value is -2.64. The third-order valence-corrected chi connectivity index (χ3v) is 3.94. The predicted octanol–water partition coefficient (Wildman–Crippen LogP) is 1.91. The van der Waals surface area contributed by atoms with Crippen LogP contribution in [-0.4, -0.2) is 33.1 Å². The summed E-state index contributed by atoms with van der Waals surface area (Å²) in [6, 6.07) is 1.63. The van der Waals surface area contributed by atoms with Crippen molar-refractivity contribution in [3.63, 3.8) is 0 Å². The molecule has 128 valence electrons. The van der Waals surface area contributed by atoms with Gasteiger partial charge in [-0.2, -0.15) is 0 Å². The summed E-state index contributed by atoms with van der Waals surface area (Å²) in [5.74, 6) is 0.642. The topological polar surface area (TPSA) is 102 Å². The van der Waals surface area contributed by atoms with E-state index >= 15 is 0 Å². The van der Waals surface area contributed by atoms with Gasteiger partial charge in [0.05, 0.1) is 5.69 Å². The van der Waals surface area contributed by atoms with Crippen molar-refractivity contribution < 1.29 is 14.1 Å². The van der Waals surface area contributed by atoms with Gasteiger partial charge in [-0.05, 0) is 32.6 Å². The van der Waals surface area contributed by atoms with Crippen LogP contribution in [0.1, 0.15) is 58.7 Å². The van der Waals surface area contributed by atoms with Gasteiger partial charge in [0.15, 0.2) is 17.3 Å². The van der Waals surface area contributed by atoms with Crippen molar-refractivity contribution in [3.8, 4) is 0 Å². The smallest absolute Gasteiger partial charge is 0.287 e. The fourth-order valence-corrected chi connectivity index (χ4v) is 2.82. The third-order valence-electron chi connectivity index (χ3n) is 3.94. The Bertz CT molecular complexity index is 762. The number of imidazole rings is 1. The van der Waals surface area contributed by atoms with E-state index in [1.54, 1.807) is 13.0 Å². The molecule has 0 saturated heterocycles. The minimum Gasteiger partial charge on any atom is -0.360 e. The number of fused-ring (bicyclic) bond motifs is 1. The molecule has 2 N–H and O–H groups in total. The van der Waals surface area contributed by atoms with Crippen molar-refractivity contribution in [1.29, 1.82) is 0 Å². The highest BCUT2D eigenvalue weighted by atomic mass is 16.5. The Morgan fingerprint density at radius 2 is 2.17 bits per heavy atom. The highest BCUT2D eigenvalue weighted by Gasteiger charge is 2.27. The number of carbonyl (C=O) groups excluding carboxylic acids is 2. The molecule has 0 unspecified atom stereocenters. The first-order valence-electron chi connectivity index (χ1n) is 8.22. The Morgan fingerprint density at radius 1 is 1.33 bits per heavy atom. The molecule has 2 amide bonds. The Morgan fingerprint density at radius 3 is 2.88 bits per heavy atom. The molecule has 0 aliphatic carbocycles. The second kappa shape index (κ2) is 6.86. The van der Waals surface area contributed by atoms with Gasteiger partial charge in [-0.1, -0.05) is 12.1 Å². The Kier molecular flexibility index (Phi) is 4.64. The molecule has 2 aromatic heterocycles. The molecule has 3 rings (SSSR count). The van der Waals surface area contributed by atoms with E-state index in [0.29, 0.717) is 30.5 Å². The summed E-state index contributed by atoms with van der Waals surface area (Å²) in [4.78, 5) is 29.2. The molecule has 0 radical (unpaired) electrons. The molecule has 1 aliphatic rings. The molecule has 1 aliphatic heterocycles. The molecular weight excluding hydrogens is 310 g/mol. The van der Waals surface area contributed by atoms with E-state index in [2.05, 4.69) is 20.8 Å². The van der Waals surface area contributed by atoms with Crippen LogP contribution in [0, 0.1) is 6.92 Å². The fraction of sp³-hybridized carbons (Fsp3) is 0.500. The molecule has 0 fully saturated rings. The maximum Gasteiger partial charge on any atom is 0.287 e. The van der Waals surface area contributed by atoms with Crippen molar-refractivity contribution in [2.75, 3.05) is 11.9 Å². The maximum atomic E-state index is 12.5. The van der Waals surface area contributed by atoms with Crippen LogP contribution < -0.4 is 10.6 Å². The maximum absolute atomic E-state index is 12.5. The van der Waals surface area contributed by atoms with Crippen LogP contribution in [0.15, 0.2) is 10.6 Å². The molecule has 0 aromatic carbocycles. The lowest BCUT2D eigenvalue weighted by atomic mass is 10.1. The minimum atomic E-state index is -0.372. The van der Waals surface area contributed by atoms with Gasteiger partial charge in [-0.3, -0.25) is 9.59 Å². The van der Waals surface area contributed by atoms with Crippen molar-refractivity contribution in [1.82, 2.24) is 20.0 Å². The number of aromatic nitrogens is 3. The van der Waals surface area contributed by atoms with Crippen molar-refractivity contribution in [3.05, 3.63) is 29.0 Å². The summed E-state index contributed by atoms with van der Waals surface area (Å²) in [5.41, 5.74) is 1.10. The molecule has 0 spiro atoms. The van der Waals surface area contributed by atoms with E-state index in [-0.39, 0.29) is 17.5 Å². The summed E-state index contributed by atoms with van der Waals surface area (Å²) >= 11 is 0. The van der Waals surface area contributed by atoms with E-state index in [1.807, 2.05) is 11.5 Å². The second-order valence-electron chi connectivity index (χ2n) is 5.87. The average molecular weight is 331 g/mol. The van der Waals surface area contributed by atoms with E-state index in [4.69, 9.17) is 4.52 Å². The summed E-state index contributed by atoms with van der Waals surface area (Å²) < 4.78 is 6.81. The molecule has 8 nitrogen and oxygen atoms in total. The highest BCUT2D eigenvalue weighted by Crippen LogP contribution is 2.22. The quantitative estimate of drug-likeness (QED) is 0.871. The fourth-order valence-electron chi connectivity index (χ4n) is 2.82. The molecule has 3 heterocycles. The molecular formula is C16H21N5O3. The molecule has 0 atom stereocenters. The van der Waals surface area contributed by atoms with Gasteiger partial charge in [0.1, 0.15) is 5.76 Å².